The third-order valence-electron chi connectivity index (χ3n) is 5.57. The number of nitrogens with zero attached hydrogens (tertiary/aromatic N) is 4. The first kappa shape index (κ1) is 19.0. The number of aromatic nitrogens is 1. The Hall–Kier alpha value is -2.38. The van der Waals surface area contributed by atoms with E-state index in [0.29, 0.717) is 17.7 Å². The molecule has 1 aliphatic heterocycles. The first-order valence-electron chi connectivity index (χ1n) is 9.52. The van der Waals surface area contributed by atoms with Crippen molar-refractivity contribution in [2.75, 3.05) is 12.0 Å². The zero-order valence-electron chi connectivity index (χ0n) is 16.2. The number of hydrogen-bond acceptors (Lipinski definition) is 7. The molecule has 7 nitrogen and oxygen atoms in total. The number of anilines is 1. The van der Waals surface area contributed by atoms with Gasteiger partial charge in [-0.05, 0) is 61.9 Å². The number of guanidine groups is 2. The van der Waals surface area contributed by atoms with Gasteiger partial charge in [0.05, 0.1) is 17.8 Å². The van der Waals surface area contributed by atoms with E-state index in [4.69, 9.17) is 32.8 Å². The van der Waals surface area contributed by atoms with Crippen LogP contribution >= 0.6 is 11.6 Å². The highest BCUT2D eigenvalue weighted by Crippen LogP contribution is 2.41. The molecule has 4 rings (SSSR count). The van der Waals surface area contributed by atoms with Crippen LogP contribution in [0.2, 0.25) is 5.15 Å². The summed E-state index contributed by atoms with van der Waals surface area (Å²) in [5.74, 6) is 0.619. The van der Waals surface area contributed by atoms with Gasteiger partial charge in [0.2, 0.25) is 11.9 Å². The van der Waals surface area contributed by atoms with Crippen molar-refractivity contribution in [1.82, 2.24) is 4.98 Å². The second kappa shape index (κ2) is 7.22. The number of aryl methyl sites for hydroxylation is 1. The molecule has 1 aromatic heterocycles. The summed E-state index contributed by atoms with van der Waals surface area (Å²) in [7, 11) is 1.67. The largest absolute Gasteiger partial charge is 0.380 e. The fourth-order valence-corrected chi connectivity index (χ4v) is 4.61. The Morgan fingerprint density at radius 1 is 1.18 bits per heavy atom. The summed E-state index contributed by atoms with van der Waals surface area (Å²) in [4.78, 5) is 15.6. The molecule has 2 heterocycles. The normalized spacial score (nSPS) is 19.0. The van der Waals surface area contributed by atoms with E-state index < -0.39 is 5.66 Å². The van der Waals surface area contributed by atoms with Crippen LogP contribution in [-0.4, -0.2) is 29.7 Å². The summed E-state index contributed by atoms with van der Waals surface area (Å²) in [6.07, 6.45) is 5.12. The summed E-state index contributed by atoms with van der Waals surface area (Å²) in [6.45, 7) is 2.53. The van der Waals surface area contributed by atoms with Gasteiger partial charge < -0.3 is 16.2 Å². The molecule has 2 aromatic rings. The van der Waals surface area contributed by atoms with Gasteiger partial charge in [0.15, 0.2) is 0 Å². The second-order valence-electron chi connectivity index (χ2n) is 7.51. The van der Waals surface area contributed by atoms with E-state index in [1.165, 1.54) is 6.42 Å². The van der Waals surface area contributed by atoms with Crippen molar-refractivity contribution in [3.05, 3.63) is 34.5 Å². The lowest BCUT2D eigenvalue weighted by Gasteiger charge is -2.46. The minimum Gasteiger partial charge on any atom is -0.380 e. The van der Waals surface area contributed by atoms with Gasteiger partial charge in [0.25, 0.3) is 0 Å². The quantitative estimate of drug-likeness (QED) is 0.768. The number of aliphatic imine (C=N–C) groups is 2. The van der Waals surface area contributed by atoms with E-state index >= 15 is 0 Å². The zero-order chi connectivity index (χ0) is 19.9. The number of benzene rings is 1. The average Bonchev–Trinajstić information content (AvgIpc) is 2.63. The van der Waals surface area contributed by atoms with Crippen molar-refractivity contribution in [3.8, 4) is 0 Å². The Morgan fingerprint density at radius 3 is 2.64 bits per heavy atom. The van der Waals surface area contributed by atoms with Crippen molar-refractivity contribution < 1.29 is 4.74 Å². The molecule has 8 heteroatoms. The summed E-state index contributed by atoms with van der Waals surface area (Å²) < 4.78 is 5.33. The second-order valence-corrected chi connectivity index (χ2v) is 7.90. The summed E-state index contributed by atoms with van der Waals surface area (Å²) >= 11 is 6.26. The van der Waals surface area contributed by atoms with Crippen LogP contribution in [0.5, 0.6) is 0 Å². The molecule has 0 atom stereocenters. The van der Waals surface area contributed by atoms with Gasteiger partial charge in [-0.25, -0.2) is 9.98 Å². The molecule has 28 heavy (non-hydrogen) atoms. The number of halogens is 1. The number of rotatable bonds is 3. The number of nitrogens with two attached hydrogens (primary N) is 2. The maximum atomic E-state index is 6.38. The van der Waals surface area contributed by atoms with Crippen LogP contribution in [-0.2, 0) is 11.3 Å². The fourth-order valence-electron chi connectivity index (χ4n) is 4.39. The van der Waals surface area contributed by atoms with E-state index in [1.54, 1.807) is 7.11 Å². The molecule has 4 N–H and O–H groups in total. The SMILES string of the molecule is COCc1cc(Cl)nc2cc(N3C(N)=NC(N)=NC34CCCCC4)c(C)cc12. The van der Waals surface area contributed by atoms with E-state index in [9.17, 15) is 0 Å². The van der Waals surface area contributed by atoms with E-state index in [1.807, 2.05) is 17.0 Å². The lowest BCUT2D eigenvalue weighted by atomic mass is 9.87. The van der Waals surface area contributed by atoms with Gasteiger partial charge in [-0.3, -0.25) is 4.90 Å². The molecule has 2 aliphatic rings. The van der Waals surface area contributed by atoms with E-state index in [0.717, 1.165) is 53.4 Å². The Labute approximate surface area is 169 Å². The van der Waals surface area contributed by atoms with Gasteiger partial charge in [-0.1, -0.05) is 18.0 Å². The number of pyridine rings is 1. The number of fused-ring (bicyclic) bond motifs is 1. The van der Waals surface area contributed by atoms with Gasteiger partial charge in [0.1, 0.15) is 10.8 Å². The molecule has 148 valence electrons. The van der Waals surface area contributed by atoms with Gasteiger partial charge >= 0.3 is 0 Å². The van der Waals surface area contributed by atoms with Crippen molar-refractivity contribution in [3.63, 3.8) is 0 Å². The zero-order valence-corrected chi connectivity index (χ0v) is 17.0. The van der Waals surface area contributed by atoms with Crippen LogP contribution in [0, 0.1) is 6.92 Å². The minimum atomic E-state index is -0.486. The van der Waals surface area contributed by atoms with E-state index in [-0.39, 0.29) is 5.96 Å². The van der Waals surface area contributed by atoms with Crippen LogP contribution in [0.4, 0.5) is 5.69 Å². The lowest BCUT2D eigenvalue weighted by Crippen LogP contribution is -2.58. The highest BCUT2D eigenvalue weighted by atomic mass is 35.5. The third kappa shape index (κ3) is 3.18. The topological polar surface area (TPSA) is 102 Å². The molecule has 1 fully saturated rings. The Morgan fingerprint density at radius 2 is 1.93 bits per heavy atom. The first-order chi connectivity index (χ1) is 13.4. The molecule has 1 saturated carbocycles. The number of methoxy groups -OCH3 is 1. The molecule has 0 unspecified atom stereocenters. The highest BCUT2D eigenvalue weighted by Gasteiger charge is 2.43. The maximum absolute atomic E-state index is 6.38. The first-order valence-corrected chi connectivity index (χ1v) is 9.90. The molecule has 0 amide bonds. The predicted octanol–water partition coefficient (Wildman–Crippen LogP) is 3.45. The van der Waals surface area contributed by atoms with Crippen LogP contribution in [0.15, 0.2) is 28.2 Å². The monoisotopic (exact) mass is 400 g/mol. The molecule has 0 bridgehead atoms. The van der Waals surface area contributed by atoms with Crippen LogP contribution in [0.1, 0.15) is 43.2 Å². The summed E-state index contributed by atoms with van der Waals surface area (Å²) in [6, 6.07) is 5.97. The maximum Gasteiger partial charge on any atom is 0.220 e. The van der Waals surface area contributed by atoms with Crippen molar-refractivity contribution >= 4 is 40.1 Å². The summed E-state index contributed by atoms with van der Waals surface area (Å²) in [5.41, 5.74) is 15.7. The van der Waals surface area contributed by atoms with Crippen LogP contribution in [0.25, 0.3) is 10.9 Å². The molecule has 1 aromatic carbocycles. The van der Waals surface area contributed by atoms with Crippen molar-refractivity contribution in [1.29, 1.82) is 0 Å². The highest BCUT2D eigenvalue weighted by molar-refractivity contribution is 6.30. The van der Waals surface area contributed by atoms with Gasteiger partial charge in [-0.15, -0.1) is 0 Å². The summed E-state index contributed by atoms with van der Waals surface area (Å²) in [5, 5.41) is 1.45. The Bertz CT molecular complexity index is 980. The smallest absolute Gasteiger partial charge is 0.220 e. The molecule has 0 saturated heterocycles. The molecule has 0 radical (unpaired) electrons. The van der Waals surface area contributed by atoms with Crippen molar-refractivity contribution in [2.45, 2.75) is 51.3 Å². The predicted molar refractivity (Wildman–Crippen MR) is 114 cm³/mol. The van der Waals surface area contributed by atoms with Gasteiger partial charge in [-0.2, -0.15) is 4.99 Å². The van der Waals surface area contributed by atoms with Crippen LogP contribution < -0.4 is 16.4 Å². The van der Waals surface area contributed by atoms with E-state index in [2.05, 4.69) is 23.0 Å². The van der Waals surface area contributed by atoms with Crippen LogP contribution in [0.3, 0.4) is 0 Å². The number of hydrogen-bond donors (Lipinski definition) is 2. The number of ether oxygens (including phenoxy) is 1. The third-order valence-corrected chi connectivity index (χ3v) is 5.77. The van der Waals surface area contributed by atoms with Crippen molar-refractivity contribution in [2.24, 2.45) is 21.5 Å². The minimum absolute atomic E-state index is 0.248. The molecular weight excluding hydrogens is 376 g/mol. The Balaban J connectivity index is 1.89. The lowest BCUT2D eigenvalue weighted by molar-refractivity contribution is 0.186. The molecule has 1 spiro atoms. The van der Waals surface area contributed by atoms with Gasteiger partial charge in [0, 0.05) is 12.5 Å². The average molecular weight is 401 g/mol. The Kier molecular flexibility index (Phi) is 4.89. The molecule has 1 aliphatic carbocycles. The molecular formula is C20H25ClN6O. The standard InChI is InChI=1S/C20H25ClN6O/c1-12-8-14-13(11-28-2)9-17(21)24-15(14)10-16(12)27-19(23)25-18(22)26-20(27)6-4-3-5-7-20/h8-10H,3-7,11H2,1-2H3,(H4,22,23,25,26). The fraction of sp³-hybridized carbons (Fsp3) is 0.450.